The standard InChI is InChI=1S/C24H19BrN2O2S/c25-18-12-10-17(11-13-18)21-16-26-24(29-21)15-14-23(28)27-20-8-4-5-9-22(20)30-19-6-2-1-3-7-19/h1-13,16H,14-15H2,(H,27,28). The number of hydrogen-bond donors (Lipinski definition) is 1. The minimum absolute atomic E-state index is 0.0699. The zero-order valence-electron chi connectivity index (χ0n) is 16.0. The molecule has 1 heterocycles. The van der Waals surface area contributed by atoms with Gasteiger partial charge in [-0.3, -0.25) is 4.79 Å². The van der Waals surface area contributed by atoms with Crippen molar-refractivity contribution in [1.82, 2.24) is 4.98 Å². The fraction of sp³-hybridized carbons (Fsp3) is 0.0833. The minimum atomic E-state index is -0.0699. The molecular weight excluding hydrogens is 460 g/mol. The molecule has 1 N–H and O–H groups in total. The predicted octanol–water partition coefficient (Wildman–Crippen LogP) is 6.83. The van der Waals surface area contributed by atoms with Crippen LogP contribution in [-0.2, 0) is 11.2 Å². The number of benzene rings is 3. The van der Waals surface area contributed by atoms with Gasteiger partial charge in [0.2, 0.25) is 5.91 Å². The van der Waals surface area contributed by atoms with E-state index in [2.05, 4.69) is 38.4 Å². The van der Waals surface area contributed by atoms with E-state index in [0.29, 0.717) is 24.5 Å². The van der Waals surface area contributed by atoms with Crippen LogP contribution in [0.4, 0.5) is 5.69 Å². The summed E-state index contributed by atoms with van der Waals surface area (Å²) in [5.74, 6) is 1.18. The highest BCUT2D eigenvalue weighted by Crippen LogP contribution is 2.33. The van der Waals surface area contributed by atoms with Crippen molar-refractivity contribution in [3.05, 3.63) is 95.4 Å². The third-order valence-electron chi connectivity index (χ3n) is 4.38. The number of carbonyl (C=O) groups excluding carboxylic acids is 1. The monoisotopic (exact) mass is 478 g/mol. The van der Waals surface area contributed by atoms with Crippen molar-refractivity contribution in [2.45, 2.75) is 22.6 Å². The van der Waals surface area contributed by atoms with E-state index in [9.17, 15) is 4.79 Å². The molecule has 150 valence electrons. The van der Waals surface area contributed by atoms with Gasteiger partial charge in [-0.05, 0) is 36.4 Å². The molecule has 0 spiro atoms. The Morgan fingerprint density at radius 2 is 1.70 bits per heavy atom. The maximum Gasteiger partial charge on any atom is 0.224 e. The summed E-state index contributed by atoms with van der Waals surface area (Å²) in [6.45, 7) is 0. The normalized spacial score (nSPS) is 10.7. The zero-order valence-corrected chi connectivity index (χ0v) is 18.4. The fourth-order valence-corrected chi connectivity index (χ4v) is 4.07. The van der Waals surface area contributed by atoms with Crippen molar-refractivity contribution in [3.63, 3.8) is 0 Å². The molecule has 1 aromatic heterocycles. The highest BCUT2D eigenvalue weighted by atomic mass is 79.9. The number of halogens is 1. The van der Waals surface area contributed by atoms with Gasteiger partial charge in [-0.1, -0.05) is 70.2 Å². The van der Waals surface area contributed by atoms with Crippen LogP contribution in [0.15, 0.2) is 104 Å². The zero-order chi connectivity index (χ0) is 20.8. The van der Waals surface area contributed by atoms with Crippen molar-refractivity contribution >= 4 is 39.3 Å². The molecule has 6 heteroatoms. The number of para-hydroxylation sites is 1. The van der Waals surface area contributed by atoms with Gasteiger partial charge in [0.15, 0.2) is 11.7 Å². The summed E-state index contributed by atoms with van der Waals surface area (Å²) in [5.41, 5.74) is 1.76. The van der Waals surface area contributed by atoms with Gasteiger partial charge in [0, 0.05) is 32.7 Å². The lowest BCUT2D eigenvalue weighted by Crippen LogP contribution is -2.13. The van der Waals surface area contributed by atoms with Gasteiger partial charge in [-0.25, -0.2) is 4.98 Å². The van der Waals surface area contributed by atoms with Crippen molar-refractivity contribution < 1.29 is 9.21 Å². The van der Waals surface area contributed by atoms with Crippen LogP contribution in [0.2, 0.25) is 0 Å². The molecule has 1 amide bonds. The Bertz CT molecular complexity index is 1130. The van der Waals surface area contributed by atoms with Gasteiger partial charge in [-0.15, -0.1) is 0 Å². The molecule has 0 bridgehead atoms. The summed E-state index contributed by atoms with van der Waals surface area (Å²) >= 11 is 5.05. The minimum Gasteiger partial charge on any atom is -0.441 e. The Morgan fingerprint density at radius 3 is 2.50 bits per heavy atom. The second kappa shape index (κ2) is 9.78. The summed E-state index contributed by atoms with van der Waals surface area (Å²) < 4.78 is 6.81. The van der Waals surface area contributed by atoms with Crippen LogP contribution in [0.25, 0.3) is 11.3 Å². The first-order chi connectivity index (χ1) is 14.7. The number of amides is 1. The van der Waals surface area contributed by atoms with E-state index in [0.717, 1.165) is 25.5 Å². The second-order valence-electron chi connectivity index (χ2n) is 6.58. The number of oxazole rings is 1. The van der Waals surface area contributed by atoms with Crippen LogP contribution in [0.5, 0.6) is 0 Å². The van der Waals surface area contributed by atoms with Crippen LogP contribution in [0, 0.1) is 0 Å². The molecule has 0 unspecified atom stereocenters. The van der Waals surface area contributed by atoms with Crippen molar-refractivity contribution in [2.24, 2.45) is 0 Å². The molecule has 3 aromatic carbocycles. The fourth-order valence-electron chi connectivity index (χ4n) is 2.88. The molecule has 0 fully saturated rings. The molecule has 0 saturated heterocycles. The summed E-state index contributed by atoms with van der Waals surface area (Å²) in [4.78, 5) is 18.9. The van der Waals surface area contributed by atoms with E-state index in [1.807, 2.05) is 66.7 Å². The number of nitrogens with zero attached hydrogens (tertiary/aromatic N) is 1. The van der Waals surface area contributed by atoms with E-state index in [1.165, 1.54) is 0 Å². The predicted molar refractivity (Wildman–Crippen MR) is 124 cm³/mol. The quantitative estimate of drug-likeness (QED) is 0.316. The molecule has 0 aliphatic carbocycles. The van der Waals surface area contributed by atoms with Crippen LogP contribution in [-0.4, -0.2) is 10.9 Å². The average molecular weight is 479 g/mol. The summed E-state index contributed by atoms with van der Waals surface area (Å²) in [5, 5.41) is 3.01. The van der Waals surface area contributed by atoms with E-state index in [-0.39, 0.29) is 5.91 Å². The maximum atomic E-state index is 12.5. The van der Waals surface area contributed by atoms with E-state index >= 15 is 0 Å². The van der Waals surface area contributed by atoms with Gasteiger partial charge in [0.05, 0.1) is 11.9 Å². The van der Waals surface area contributed by atoms with Gasteiger partial charge in [0.1, 0.15) is 0 Å². The molecule has 4 rings (SSSR count). The smallest absolute Gasteiger partial charge is 0.224 e. The lowest BCUT2D eigenvalue weighted by molar-refractivity contribution is -0.116. The topological polar surface area (TPSA) is 55.1 Å². The van der Waals surface area contributed by atoms with Gasteiger partial charge in [0.25, 0.3) is 0 Å². The maximum absolute atomic E-state index is 12.5. The number of aromatic nitrogens is 1. The van der Waals surface area contributed by atoms with Crippen LogP contribution in [0.1, 0.15) is 12.3 Å². The first-order valence-electron chi connectivity index (χ1n) is 9.50. The Hall–Kier alpha value is -2.83. The molecule has 0 radical (unpaired) electrons. The van der Waals surface area contributed by atoms with Gasteiger partial charge >= 0.3 is 0 Å². The number of anilines is 1. The molecule has 0 aliphatic heterocycles. The molecular formula is C24H19BrN2O2S. The number of aryl methyl sites for hydroxylation is 1. The highest BCUT2D eigenvalue weighted by Gasteiger charge is 2.11. The third kappa shape index (κ3) is 5.40. The van der Waals surface area contributed by atoms with Gasteiger partial charge < -0.3 is 9.73 Å². The first kappa shape index (κ1) is 20.4. The Kier molecular flexibility index (Phi) is 6.67. The van der Waals surface area contributed by atoms with Crippen molar-refractivity contribution in [3.8, 4) is 11.3 Å². The third-order valence-corrected chi connectivity index (χ3v) is 5.99. The van der Waals surface area contributed by atoms with Crippen LogP contribution >= 0.6 is 27.7 Å². The second-order valence-corrected chi connectivity index (χ2v) is 8.62. The summed E-state index contributed by atoms with van der Waals surface area (Å²) in [6, 6.07) is 25.7. The van der Waals surface area contributed by atoms with E-state index in [1.54, 1.807) is 18.0 Å². The molecule has 4 aromatic rings. The molecule has 30 heavy (non-hydrogen) atoms. The number of hydrogen-bond acceptors (Lipinski definition) is 4. The molecule has 4 nitrogen and oxygen atoms in total. The molecule has 0 saturated carbocycles. The van der Waals surface area contributed by atoms with E-state index < -0.39 is 0 Å². The summed E-state index contributed by atoms with van der Waals surface area (Å²) in [7, 11) is 0. The lowest BCUT2D eigenvalue weighted by Gasteiger charge is -2.10. The Morgan fingerprint density at radius 1 is 0.967 bits per heavy atom. The number of carbonyl (C=O) groups is 1. The van der Waals surface area contributed by atoms with E-state index in [4.69, 9.17) is 4.42 Å². The molecule has 0 aliphatic rings. The van der Waals surface area contributed by atoms with Crippen molar-refractivity contribution in [2.75, 3.05) is 5.32 Å². The summed E-state index contributed by atoms with van der Waals surface area (Å²) in [6.07, 6.45) is 2.43. The SMILES string of the molecule is O=C(CCc1ncc(-c2ccc(Br)cc2)o1)Nc1ccccc1Sc1ccccc1. The number of rotatable bonds is 7. The molecule has 0 atom stereocenters. The highest BCUT2D eigenvalue weighted by molar-refractivity contribution is 9.10. The van der Waals surface area contributed by atoms with Crippen LogP contribution < -0.4 is 5.32 Å². The Balaban J connectivity index is 1.36. The average Bonchev–Trinajstić information content (AvgIpc) is 3.24. The number of nitrogens with one attached hydrogen (secondary N) is 1. The van der Waals surface area contributed by atoms with Crippen LogP contribution in [0.3, 0.4) is 0 Å². The van der Waals surface area contributed by atoms with Crippen molar-refractivity contribution in [1.29, 1.82) is 0 Å². The first-order valence-corrected chi connectivity index (χ1v) is 11.1. The Labute approximate surface area is 187 Å². The lowest BCUT2D eigenvalue weighted by atomic mass is 10.2. The largest absolute Gasteiger partial charge is 0.441 e. The van der Waals surface area contributed by atoms with Gasteiger partial charge in [-0.2, -0.15) is 0 Å².